The molecular formula is C16H19N3O2S. The molecule has 2 aromatic rings. The highest BCUT2D eigenvalue weighted by molar-refractivity contribution is 7.80. The third-order valence-electron chi connectivity index (χ3n) is 2.82. The maximum atomic E-state index is 5.67. The van der Waals surface area contributed by atoms with E-state index in [2.05, 4.69) is 15.6 Å². The first-order chi connectivity index (χ1) is 10.7. The van der Waals surface area contributed by atoms with Crippen molar-refractivity contribution < 1.29 is 9.47 Å². The lowest BCUT2D eigenvalue weighted by Gasteiger charge is -2.17. The zero-order valence-electron chi connectivity index (χ0n) is 12.6. The van der Waals surface area contributed by atoms with Crippen LogP contribution >= 0.6 is 12.2 Å². The number of methoxy groups -OCH3 is 1. The van der Waals surface area contributed by atoms with E-state index in [1.807, 2.05) is 43.3 Å². The van der Waals surface area contributed by atoms with Crippen LogP contribution in [0.25, 0.3) is 0 Å². The summed E-state index contributed by atoms with van der Waals surface area (Å²) in [6, 6.07) is 13.4. The van der Waals surface area contributed by atoms with Gasteiger partial charge >= 0.3 is 0 Å². The second-order valence-corrected chi connectivity index (χ2v) is 5.12. The second kappa shape index (κ2) is 8.19. The summed E-state index contributed by atoms with van der Waals surface area (Å²) < 4.78 is 10.7. The second-order valence-electron chi connectivity index (χ2n) is 4.71. The summed E-state index contributed by atoms with van der Waals surface area (Å²) in [5, 5.41) is 6.76. The minimum Gasteiger partial charge on any atom is -0.491 e. The quantitative estimate of drug-likeness (QED) is 0.799. The Morgan fingerprint density at radius 3 is 2.64 bits per heavy atom. The number of ether oxygens (including phenoxy) is 2. The molecule has 5 nitrogen and oxygen atoms in total. The number of aromatic nitrogens is 1. The van der Waals surface area contributed by atoms with Gasteiger partial charge in [-0.2, -0.15) is 0 Å². The molecule has 0 aliphatic rings. The lowest BCUT2D eigenvalue weighted by Crippen LogP contribution is -2.39. The first kappa shape index (κ1) is 16.0. The Kier molecular flexibility index (Phi) is 5.97. The standard InChI is InChI=1S/C16H19N3O2S/c1-12(11-21-14-6-4-3-5-7-14)18-16(22)19-13-8-9-15(20-2)17-10-13/h3-10,12H,11H2,1-2H3,(H2,18,19,22)/t12-/m0/s1. The number of rotatable bonds is 6. The molecule has 0 saturated carbocycles. The van der Waals surface area contributed by atoms with Crippen LogP contribution in [-0.4, -0.2) is 29.9 Å². The van der Waals surface area contributed by atoms with Crippen LogP contribution in [-0.2, 0) is 0 Å². The minimum absolute atomic E-state index is 0.0754. The van der Waals surface area contributed by atoms with Crippen LogP contribution in [0.5, 0.6) is 11.6 Å². The number of hydrogen-bond donors (Lipinski definition) is 2. The van der Waals surface area contributed by atoms with E-state index in [9.17, 15) is 0 Å². The van der Waals surface area contributed by atoms with E-state index in [0.717, 1.165) is 11.4 Å². The molecule has 1 aromatic carbocycles. The molecule has 0 aliphatic heterocycles. The highest BCUT2D eigenvalue weighted by Gasteiger charge is 2.06. The Morgan fingerprint density at radius 2 is 2.00 bits per heavy atom. The van der Waals surface area contributed by atoms with Crippen molar-refractivity contribution in [3.63, 3.8) is 0 Å². The van der Waals surface area contributed by atoms with Crippen molar-refractivity contribution in [2.75, 3.05) is 19.0 Å². The van der Waals surface area contributed by atoms with Crippen LogP contribution < -0.4 is 20.1 Å². The van der Waals surface area contributed by atoms with Crippen molar-refractivity contribution in [1.82, 2.24) is 10.3 Å². The summed E-state index contributed by atoms with van der Waals surface area (Å²) in [5.74, 6) is 1.41. The first-order valence-corrected chi connectivity index (χ1v) is 7.33. The average Bonchev–Trinajstić information content (AvgIpc) is 2.54. The molecule has 0 saturated heterocycles. The molecule has 0 unspecified atom stereocenters. The van der Waals surface area contributed by atoms with Gasteiger partial charge in [0.25, 0.3) is 0 Å². The number of benzene rings is 1. The fourth-order valence-electron chi connectivity index (χ4n) is 1.75. The maximum Gasteiger partial charge on any atom is 0.213 e. The lowest BCUT2D eigenvalue weighted by molar-refractivity contribution is 0.287. The Hall–Kier alpha value is -2.34. The number of pyridine rings is 1. The molecule has 6 heteroatoms. The molecule has 0 aliphatic carbocycles. The van der Waals surface area contributed by atoms with E-state index in [4.69, 9.17) is 21.7 Å². The number of anilines is 1. The number of thiocarbonyl (C=S) groups is 1. The van der Waals surface area contributed by atoms with Crippen molar-refractivity contribution in [3.8, 4) is 11.6 Å². The predicted octanol–water partition coefficient (Wildman–Crippen LogP) is 2.84. The van der Waals surface area contributed by atoms with Crippen molar-refractivity contribution in [1.29, 1.82) is 0 Å². The number of para-hydroxylation sites is 1. The van der Waals surface area contributed by atoms with Crippen LogP contribution in [0, 0.1) is 0 Å². The van der Waals surface area contributed by atoms with Gasteiger partial charge in [-0.05, 0) is 37.3 Å². The van der Waals surface area contributed by atoms with Gasteiger partial charge in [-0.15, -0.1) is 0 Å². The molecule has 0 amide bonds. The normalized spacial score (nSPS) is 11.4. The van der Waals surface area contributed by atoms with Crippen LogP contribution in [0.15, 0.2) is 48.7 Å². The molecule has 0 spiro atoms. The zero-order valence-corrected chi connectivity index (χ0v) is 13.4. The molecule has 0 radical (unpaired) electrons. The summed E-state index contributed by atoms with van der Waals surface area (Å²) in [7, 11) is 1.58. The zero-order chi connectivity index (χ0) is 15.8. The SMILES string of the molecule is COc1ccc(NC(=S)N[C@@H](C)COc2ccccc2)cn1. The molecule has 1 atom stereocenters. The van der Waals surface area contributed by atoms with E-state index < -0.39 is 0 Å². The van der Waals surface area contributed by atoms with E-state index >= 15 is 0 Å². The van der Waals surface area contributed by atoms with Crippen molar-refractivity contribution in [2.24, 2.45) is 0 Å². The van der Waals surface area contributed by atoms with Gasteiger partial charge in [-0.1, -0.05) is 18.2 Å². The van der Waals surface area contributed by atoms with Crippen LogP contribution in [0.3, 0.4) is 0 Å². The van der Waals surface area contributed by atoms with Crippen molar-refractivity contribution >= 4 is 23.0 Å². The fourth-order valence-corrected chi connectivity index (χ4v) is 2.06. The summed E-state index contributed by atoms with van der Waals surface area (Å²) in [5.41, 5.74) is 0.800. The number of nitrogens with one attached hydrogen (secondary N) is 2. The molecule has 0 bridgehead atoms. The Morgan fingerprint density at radius 1 is 1.23 bits per heavy atom. The Balaban J connectivity index is 1.75. The van der Waals surface area contributed by atoms with Gasteiger partial charge in [0.15, 0.2) is 5.11 Å². The van der Waals surface area contributed by atoms with Gasteiger partial charge in [0, 0.05) is 6.07 Å². The van der Waals surface area contributed by atoms with Gasteiger partial charge in [-0.3, -0.25) is 0 Å². The molecule has 0 fully saturated rings. The predicted molar refractivity (Wildman–Crippen MR) is 91.5 cm³/mol. The molecule has 2 rings (SSSR count). The van der Waals surface area contributed by atoms with Gasteiger partial charge in [0.05, 0.1) is 25.0 Å². The molecular weight excluding hydrogens is 298 g/mol. The van der Waals surface area contributed by atoms with E-state index in [-0.39, 0.29) is 6.04 Å². The lowest BCUT2D eigenvalue weighted by atomic mass is 10.3. The van der Waals surface area contributed by atoms with Gasteiger partial charge in [0.2, 0.25) is 5.88 Å². The molecule has 1 heterocycles. The topological polar surface area (TPSA) is 55.4 Å². The van der Waals surface area contributed by atoms with Crippen molar-refractivity contribution in [2.45, 2.75) is 13.0 Å². The first-order valence-electron chi connectivity index (χ1n) is 6.93. The molecule has 1 aromatic heterocycles. The fraction of sp³-hybridized carbons (Fsp3) is 0.250. The maximum absolute atomic E-state index is 5.67. The smallest absolute Gasteiger partial charge is 0.213 e. The van der Waals surface area contributed by atoms with Crippen LogP contribution in [0.2, 0.25) is 0 Å². The van der Waals surface area contributed by atoms with E-state index in [1.165, 1.54) is 0 Å². The monoisotopic (exact) mass is 317 g/mol. The van der Waals surface area contributed by atoms with Gasteiger partial charge in [0.1, 0.15) is 12.4 Å². The van der Waals surface area contributed by atoms with E-state index in [1.54, 1.807) is 19.4 Å². The molecule has 116 valence electrons. The number of hydrogen-bond acceptors (Lipinski definition) is 4. The summed E-state index contributed by atoms with van der Waals surface area (Å²) in [6.07, 6.45) is 1.66. The van der Waals surface area contributed by atoms with Crippen molar-refractivity contribution in [3.05, 3.63) is 48.7 Å². The highest BCUT2D eigenvalue weighted by atomic mass is 32.1. The Labute approximate surface area is 135 Å². The highest BCUT2D eigenvalue weighted by Crippen LogP contribution is 2.11. The Bertz CT molecular complexity index is 590. The summed E-state index contributed by atoms with van der Waals surface area (Å²) in [6.45, 7) is 2.52. The summed E-state index contributed by atoms with van der Waals surface area (Å²) >= 11 is 5.27. The third-order valence-corrected chi connectivity index (χ3v) is 3.04. The van der Waals surface area contributed by atoms with Gasteiger partial charge in [-0.25, -0.2) is 4.98 Å². The average molecular weight is 317 g/mol. The third kappa shape index (κ3) is 5.21. The molecule has 22 heavy (non-hydrogen) atoms. The van der Waals surface area contributed by atoms with Gasteiger partial charge < -0.3 is 20.1 Å². The van der Waals surface area contributed by atoms with E-state index in [0.29, 0.717) is 17.6 Å². The minimum atomic E-state index is 0.0754. The summed E-state index contributed by atoms with van der Waals surface area (Å²) in [4.78, 5) is 4.11. The number of nitrogens with zero attached hydrogens (tertiary/aromatic N) is 1. The largest absolute Gasteiger partial charge is 0.491 e. The molecule has 2 N–H and O–H groups in total. The van der Waals surface area contributed by atoms with Crippen LogP contribution in [0.4, 0.5) is 5.69 Å². The van der Waals surface area contributed by atoms with Crippen LogP contribution in [0.1, 0.15) is 6.92 Å².